The number of piperidine rings is 1. The van der Waals surface area contributed by atoms with Crippen molar-refractivity contribution >= 4 is 33.4 Å². The number of hydrogen-bond donors (Lipinski definition) is 1. The maximum atomic E-state index is 12.4. The van der Waals surface area contributed by atoms with E-state index in [1.807, 2.05) is 18.2 Å². The lowest BCUT2D eigenvalue weighted by Gasteiger charge is -2.30. The van der Waals surface area contributed by atoms with E-state index in [9.17, 15) is 9.59 Å². The Morgan fingerprint density at radius 3 is 2.75 bits per heavy atom. The Balaban J connectivity index is 1.18. The number of amides is 2. The van der Waals surface area contributed by atoms with E-state index in [0.29, 0.717) is 38.2 Å². The molecule has 28 heavy (non-hydrogen) atoms. The van der Waals surface area contributed by atoms with E-state index >= 15 is 0 Å². The van der Waals surface area contributed by atoms with Crippen molar-refractivity contribution in [3.05, 3.63) is 53.4 Å². The molecule has 1 N–H and O–H groups in total. The molecule has 0 saturated carbocycles. The van der Waals surface area contributed by atoms with Crippen molar-refractivity contribution in [3.8, 4) is 0 Å². The van der Waals surface area contributed by atoms with E-state index in [-0.39, 0.29) is 17.7 Å². The third kappa shape index (κ3) is 4.25. The number of hydrogen-bond acceptors (Lipinski definition) is 5. The molecular weight excluding hydrogens is 374 g/mol. The Bertz CT molecular complexity index is 910. The lowest BCUT2D eigenvalue weighted by molar-refractivity contribution is -0.126. The molecule has 0 unspecified atom stereocenters. The average Bonchev–Trinajstić information content (AvgIpc) is 3.40. The van der Waals surface area contributed by atoms with E-state index in [4.69, 9.17) is 4.42 Å². The predicted octanol–water partition coefficient (Wildman–Crippen LogP) is 3.49. The van der Waals surface area contributed by atoms with Crippen LogP contribution >= 0.6 is 11.3 Å². The van der Waals surface area contributed by atoms with Gasteiger partial charge in [0.05, 0.1) is 21.5 Å². The van der Waals surface area contributed by atoms with Gasteiger partial charge in [-0.3, -0.25) is 9.59 Å². The van der Waals surface area contributed by atoms with E-state index in [2.05, 4.69) is 16.4 Å². The quantitative estimate of drug-likeness (QED) is 0.646. The van der Waals surface area contributed by atoms with Crippen molar-refractivity contribution in [3.63, 3.8) is 0 Å². The fourth-order valence-corrected chi connectivity index (χ4v) is 4.53. The first-order valence-corrected chi connectivity index (χ1v) is 10.5. The summed E-state index contributed by atoms with van der Waals surface area (Å²) in [5, 5.41) is 4.16. The van der Waals surface area contributed by atoms with Gasteiger partial charge in [-0.2, -0.15) is 0 Å². The number of benzene rings is 1. The minimum absolute atomic E-state index is 0.0249. The summed E-state index contributed by atoms with van der Waals surface area (Å²) in [6.07, 6.45) is 4.63. The number of nitrogens with zero attached hydrogens (tertiary/aromatic N) is 2. The van der Waals surface area contributed by atoms with E-state index in [1.165, 1.54) is 11.0 Å². The van der Waals surface area contributed by atoms with Crippen LogP contribution in [-0.2, 0) is 11.2 Å². The summed E-state index contributed by atoms with van der Waals surface area (Å²) in [4.78, 5) is 31.1. The highest BCUT2D eigenvalue weighted by atomic mass is 32.1. The molecule has 3 aromatic rings. The van der Waals surface area contributed by atoms with Crippen molar-refractivity contribution in [2.45, 2.75) is 25.7 Å². The van der Waals surface area contributed by atoms with Crippen molar-refractivity contribution < 1.29 is 14.0 Å². The fraction of sp³-hybridized carbons (Fsp3) is 0.381. The van der Waals surface area contributed by atoms with Gasteiger partial charge in [0.15, 0.2) is 5.76 Å². The van der Waals surface area contributed by atoms with Gasteiger partial charge >= 0.3 is 0 Å². The van der Waals surface area contributed by atoms with Gasteiger partial charge in [-0.25, -0.2) is 4.98 Å². The summed E-state index contributed by atoms with van der Waals surface area (Å²) < 4.78 is 6.38. The zero-order valence-corrected chi connectivity index (χ0v) is 16.4. The number of carbonyl (C=O) groups is 2. The summed E-state index contributed by atoms with van der Waals surface area (Å²) in [5.41, 5.74) is 1.04. The lowest BCUT2D eigenvalue weighted by Crippen LogP contribution is -2.43. The second-order valence-corrected chi connectivity index (χ2v) is 8.13. The van der Waals surface area contributed by atoms with Gasteiger partial charge in [0.1, 0.15) is 0 Å². The van der Waals surface area contributed by atoms with Crippen LogP contribution in [0.1, 0.15) is 34.8 Å². The largest absolute Gasteiger partial charge is 0.459 e. The number of thiazole rings is 1. The van der Waals surface area contributed by atoms with Crippen LogP contribution in [0.4, 0.5) is 0 Å². The van der Waals surface area contributed by atoms with Crippen LogP contribution in [0.25, 0.3) is 10.2 Å². The molecule has 0 spiro atoms. The van der Waals surface area contributed by atoms with Crippen LogP contribution in [0.3, 0.4) is 0 Å². The lowest BCUT2D eigenvalue weighted by atomic mass is 9.95. The van der Waals surface area contributed by atoms with Gasteiger partial charge in [0.2, 0.25) is 5.91 Å². The molecule has 7 heteroatoms. The topological polar surface area (TPSA) is 75.4 Å². The van der Waals surface area contributed by atoms with Gasteiger partial charge in [-0.1, -0.05) is 12.1 Å². The first-order valence-electron chi connectivity index (χ1n) is 9.65. The van der Waals surface area contributed by atoms with Crippen molar-refractivity contribution in [2.75, 3.05) is 19.6 Å². The molecule has 1 aromatic carbocycles. The minimum atomic E-state index is -0.0975. The number of furan rings is 1. The van der Waals surface area contributed by atoms with Crippen molar-refractivity contribution in [1.82, 2.24) is 15.2 Å². The fourth-order valence-electron chi connectivity index (χ4n) is 3.52. The van der Waals surface area contributed by atoms with Crippen LogP contribution < -0.4 is 5.32 Å². The van der Waals surface area contributed by atoms with Crippen LogP contribution in [-0.4, -0.2) is 41.3 Å². The first kappa shape index (κ1) is 18.7. The molecular formula is C21H23N3O3S. The second-order valence-electron chi connectivity index (χ2n) is 7.01. The number of aromatic nitrogens is 1. The highest BCUT2D eigenvalue weighted by Gasteiger charge is 2.28. The SMILES string of the molecule is O=C(NCCCc1nc2ccccc2s1)C1CCN(C(=O)c2ccco2)CC1. The van der Waals surface area contributed by atoms with Crippen LogP contribution in [0.15, 0.2) is 47.1 Å². The smallest absolute Gasteiger partial charge is 0.289 e. The number of likely N-dealkylation sites (tertiary alicyclic amines) is 1. The van der Waals surface area contributed by atoms with Crippen molar-refractivity contribution in [1.29, 1.82) is 0 Å². The molecule has 1 aliphatic heterocycles. The number of carbonyl (C=O) groups excluding carboxylic acids is 2. The van der Waals surface area contributed by atoms with Crippen LogP contribution in [0.5, 0.6) is 0 Å². The maximum absolute atomic E-state index is 12.4. The molecule has 3 heterocycles. The highest BCUT2D eigenvalue weighted by Crippen LogP contribution is 2.22. The number of rotatable bonds is 6. The molecule has 0 aliphatic carbocycles. The van der Waals surface area contributed by atoms with Gasteiger partial charge in [0.25, 0.3) is 5.91 Å². The predicted molar refractivity (Wildman–Crippen MR) is 108 cm³/mol. The molecule has 1 fully saturated rings. The maximum Gasteiger partial charge on any atom is 0.289 e. The molecule has 6 nitrogen and oxygen atoms in total. The van der Waals surface area contributed by atoms with E-state index in [0.717, 1.165) is 23.4 Å². The van der Waals surface area contributed by atoms with E-state index in [1.54, 1.807) is 28.4 Å². The standard InChI is InChI=1S/C21H23N3O3S/c25-20(15-9-12-24(13-10-15)21(26)17-6-4-14-27-17)22-11-3-8-19-23-16-5-1-2-7-18(16)28-19/h1-2,4-7,14-15H,3,8-13H2,(H,22,25). The van der Waals surface area contributed by atoms with E-state index < -0.39 is 0 Å². The summed E-state index contributed by atoms with van der Waals surface area (Å²) in [6.45, 7) is 1.83. The Morgan fingerprint density at radius 2 is 2.00 bits per heavy atom. The zero-order valence-electron chi connectivity index (χ0n) is 15.6. The number of aryl methyl sites for hydroxylation is 1. The zero-order chi connectivity index (χ0) is 19.3. The third-order valence-electron chi connectivity index (χ3n) is 5.09. The van der Waals surface area contributed by atoms with Gasteiger partial charge in [-0.05, 0) is 43.5 Å². The highest BCUT2D eigenvalue weighted by molar-refractivity contribution is 7.18. The summed E-state index contributed by atoms with van der Waals surface area (Å²) >= 11 is 1.72. The Hall–Kier alpha value is -2.67. The molecule has 146 valence electrons. The number of nitrogens with one attached hydrogen (secondary N) is 1. The Labute approximate surface area is 167 Å². The summed E-state index contributed by atoms with van der Waals surface area (Å²) in [7, 11) is 0. The summed E-state index contributed by atoms with van der Waals surface area (Å²) in [6, 6.07) is 11.5. The Kier molecular flexibility index (Phi) is 5.71. The molecule has 2 aromatic heterocycles. The van der Waals surface area contributed by atoms with Crippen molar-refractivity contribution in [2.24, 2.45) is 5.92 Å². The molecule has 0 radical (unpaired) electrons. The van der Waals surface area contributed by atoms with Crippen LogP contribution in [0, 0.1) is 5.92 Å². The number of para-hydroxylation sites is 1. The number of fused-ring (bicyclic) bond motifs is 1. The Morgan fingerprint density at radius 1 is 1.18 bits per heavy atom. The molecule has 0 bridgehead atoms. The molecule has 0 atom stereocenters. The summed E-state index contributed by atoms with van der Waals surface area (Å²) in [5.74, 6) is 0.329. The third-order valence-corrected chi connectivity index (χ3v) is 6.19. The average molecular weight is 398 g/mol. The van der Waals surface area contributed by atoms with Crippen LogP contribution in [0.2, 0.25) is 0 Å². The second kappa shape index (κ2) is 8.56. The van der Waals surface area contributed by atoms with Gasteiger partial charge in [-0.15, -0.1) is 11.3 Å². The monoisotopic (exact) mass is 397 g/mol. The molecule has 4 rings (SSSR count). The van der Waals surface area contributed by atoms with Gasteiger partial charge < -0.3 is 14.6 Å². The minimum Gasteiger partial charge on any atom is -0.459 e. The molecule has 1 saturated heterocycles. The normalized spacial score (nSPS) is 15.1. The first-order chi connectivity index (χ1) is 13.7. The molecule has 1 aliphatic rings. The molecule has 2 amide bonds. The van der Waals surface area contributed by atoms with Gasteiger partial charge in [0, 0.05) is 32.0 Å².